The highest BCUT2D eigenvalue weighted by Crippen LogP contribution is 2.30. The van der Waals surface area contributed by atoms with Gasteiger partial charge in [-0.25, -0.2) is 0 Å². The number of carbonyl (C=O) groups excluding carboxylic acids is 1. The predicted molar refractivity (Wildman–Crippen MR) is 95.6 cm³/mol. The van der Waals surface area contributed by atoms with Crippen LogP contribution in [-0.4, -0.2) is 28.7 Å². The second kappa shape index (κ2) is 7.03. The van der Waals surface area contributed by atoms with Gasteiger partial charge in [-0.15, -0.1) is 0 Å². The monoisotopic (exact) mass is 396 g/mol. The number of nitrogens with zero attached hydrogens (tertiary/aromatic N) is 1. The molecule has 0 saturated carbocycles. The van der Waals surface area contributed by atoms with Crippen molar-refractivity contribution in [1.82, 2.24) is 15.5 Å². The molecule has 5 nitrogen and oxygen atoms in total. The van der Waals surface area contributed by atoms with Gasteiger partial charge in [-0.05, 0) is 44.5 Å². The lowest BCUT2D eigenvalue weighted by molar-refractivity contribution is -0.120. The first-order chi connectivity index (χ1) is 11.0. The first-order valence-corrected chi connectivity index (χ1v) is 8.75. The molecule has 1 fully saturated rings. The Labute approximate surface area is 148 Å². The summed E-state index contributed by atoms with van der Waals surface area (Å²) in [4.78, 5) is 12.4. The van der Waals surface area contributed by atoms with E-state index in [9.17, 15) is 4.79 Å². The molecule has 0 radical (unpaired) electrons. The van der Waals surface area contributed by atoms with Crippen LogP contribution in [0.2, 0.25) is 5.02 Å². The van der Waals surface area contributed by atoms with Gasteiger partial charge in [-0.2, -0.15) is 5.10 Å². The van der Waals surface area contributed by atoms with Gasteiger partial charge in [0.15, 0.2) is 5.82 Å². The molecule has 2 atom stereocenters. The Hall–Kier alpha value is -1.37. The number of carbonyl (C=O) groups is 1. The molecule has 1 amide bonds. The molecule has 1 aromatic heterocycles. The zero-order valence-electron chi connectivity index (χ0n) is 12.7. The van der Waals surface area contributed by atoms with E-state index in [1.165, 1.54) is 0 Å². The maximum absolute atomic E-state index is 12.4. The third-order valence-corrected chi connectivity index (χ3v) is 4.87. The van der Waals surface area contributed by atoms with E-state index in [-0.39, 0.29) is 11.8 Å². The van der Waals surface area contributed by atoms with E-state index >= 15 is 0 Å². The lowest BCUT2D eigenvalue weighted by Gasteiger charge is -2.26. The fraction of sp³-hybridized carbons (Fsp3) is 0.375. The van der Waals surface area contributed by atoms with Gasteiger partial charge in [0.25, 0.3) is 0 Å². The molecule has 0 spiro atoms. The molecular weight excluding hydrogens is 380 g/mol. The molecule has 1 saturated heterocycles. The highest BCUT2D eigenvalue weighted by atomic mass is 79.9. The van der Waals surface area contributed by atoms with Crippen LogP contribution in [0.25, 0.3) is 11.3 Å². The standard InChI is InChI=1S/C16H18BrClN4O/c1-9-6-10(4-5-19-9)16(23)20-15-8-14(21-22-15)12-7-11(17)2-3-13(12)18/h2-3,7-10,19H,4-6H2,1H3,(H2,20,21,22,23)/t9-,10-/m0/s1. The number of anilines is 1. The average Bonchev–Trinajstić information content (AvgIpc) is 2.98. The lowest BCUT2D eigenvalue weighted by Crippen LogP contribution is -2.40. The molecule has 1 aliphatic heterocycles. The quantitative estimate of drug-likeness (QED) is 0.737. The van der Waals surface area contributed by atoms with Gasteiger partial charge < -0.3 is 10.6 Å². The number of H-pyrrole nitrogens is 1. The van der Waals surface area contributed by atoms with Gasteiger partial charge in [-0.3, -0.25) is 9.89 Å². The van der Waals surface area contributed by atoms with E-state index in [1.807, 2.05) is 18.2 Å². The van der Waals surface area contributed by atoms with Crippen LogP contribution in [0.1, 0.15) is 19.8 Å². The molecular formula is C16H18BrClN4O. The normalized spacial score (nSPS) is 21.2. The molecule has 1 aliphatic rings. The number of hydrogen-bond acceptors (Lipinski definition) is 3. The molecule has 2 aromatic rings. The number of rotatable bonds is 3. The summed E-state index contributed by atoms with van der Waals surface area (Å²) in [7, 11) is 0. The minimum atomic E-state index is 0.0248. The van der Waals surface area contributed by atoms with Crippen molar-refractivity contribution < 1.29 is 4.79 Å². The first-order valence-electron chi connectivity index (χ1n) is 7.58. The zero-order valence-corrected chi connectivity index (χ0v) is 15.0. The van der Waals surface area contributed by atoms with Crippen molar-refractivity contribution in [2.24, 2.45) is 5.92 Å². The molecule has 1 aromatic carbocycles. The van der Waals surface area contributed by atoms with Gasteiger partial charge in [0.05, 0.1) is 10.7 Å². The Kier molecular flexibility index (Phi) is 5.04. The summed E-state index contributed by atoms with van der Waals surface area (Å²) in [6, 6.07) is 7.78. The van der Waals surface area contributed by atoms with E-state index in [2.05, 4.69) is 43.7 Å². The highest BCUT2D eigenvalue weighted by molar-refractivity contribution is 9.10. The Morgan fingerprint density at radius 1 is 1.43 bits per heavy atom. The highest BCUT2D eigenvalue weighted by Gasteiger charge is 2.25. The second-order valence-electron chi connectivity index (χ2n) is 5.86. The molecule has 23 heavy (non-hydrogen) atoms. The Bertz CT molecular complexity index is 718. The Morgan fingerprint density at radius 3 is 3.04 bits per heavy atom. The maximum atomic E-state index is 12.4. The maximum Gasteiger partial charge on any atom is 0.228 e. The van der Waals surface area contributed by atoms with Crippen LogP contribution < -0.4 is 10.6 Å². The number of hydrogen-bond donors (Lipinski definition) is 3. The van der Waals surface area contributed by atoms with Crippen molar-refractivity contribution >= 4 is 39.3 Å². The van der Waals surface area contributed by atoms with Gasteiger partial charge in [0.2, 0.25) is 5.91 Å². The van der Waals surface area contributed by atoms with Crippen molar-refractivity contribution in [3.05, 3.63) is 33.8 Å². The van der Waals surface area contributed by atoms with Crippen LogP contribution in [0.15, 0.2) is 28.7 Å². The van der Waals surface area contributed by atoms with E-state index in [4.69, 9.17) is 11.6 Å². The Balaban J connectivity index is 1.72. The van der Waals surface area contributed by atoms with Crippen molar-refractivity contribution in [3.63, 3.8) is 0 Å². The van der Waals surface area contributed by atoms with E-state index in [1.54, 1.807) is 6.07 Å². The van der Waals surface area contributed by atoms with Crippen LogP contribution >= 0.6 is 27.5 Å². The lowest BCUT2D eigenvalue weighted by atomic mass is 9.92. The molecule has 0 bridgehead atoms. The third kappa shape index (κ3) is 3.94. The number of piperidine rings is 1. The molecule has 122 valence electrons. The van der Waals surface area contributed by atoms with Crippen LogP contribution in [0.3, 0.4) is 0 Å². The van der Waals surface area contributed by atoms with Crippen LogP contribution in [0.5, 0.6) is 0 Å². The summed E-state index contributed by atoms with van der Waals surface area (Å²) in [5.41, 5.74) is 1.61. The molecule has 0 unspecified atom stereocenters. The Morgan fingerprint density at radius 2 is 2.26 bits per heavy atom. The van der Waals surface area contributed by atoms with E-state index in [0.29, 0.717) is 16.9 Å². The molecule has 3 N–H and O–H groups in total. The molecule has 2 heterocycles. The van der Waals surface area contributed by atoms with Crippen molar-refractivity contribution in [3.8, 4) is 11.3 Å². The van der Waals surface area contributed by atoms with Crippen molar-refractivity contribution in [2.75, 3.05) is 11.9 Å². The van der Waals surface area contributed by atoms with Crippen LogP contribution in [0.4, 0.5) is 5.82 Å². The third-order valence-electron chi connectivity index (χ3n) is 4.04. The number of halogens is 2. The van der Waals surface area contributed by atoms with Gasteiger partial charge in [-0.1, -0.05) is 27.5 Å². The van der Waals surface area contributed by atoms with Crippen LogP contribution in [-0.2, 0) is 4.79 Å². The smallest absolute Gasteiger partial charge is 0.228 e. The summed E-state index contributed by atoms with van der Waals surface area (Å²) in [5, 5.41) is 14.0. The topological polar surface area (TPSA) is 69.8 Å². The number of aromatic nitrogens is 2. The number of aromatic amines is 1. The fourth-order valence-electron chi connectivity index (χ4n) is 2.83. The summed E-state index contributed by atoms with van der Waals surface area (Å²) in [6.45, 7) is 2.97. The molecule has 3 rings (SSSR count). The van der Waals surface area contributed by atoms with E-state index < -0.39 is 0 Å². The second-order valence-corrected chi connectivity index (χ2v) is 7.18. The van der Waals surface area contributed by atoms with E-state index in [0.717, 1.165) is 35.1 Å². The van der Waals surface area contributed by atoms with Gasteiger partial charge in [0.1, 0.15) is 0 Å². The summed E-state index contributed by atoms with van der Waals surface area (Å²) < 4.78 is 0.931. The van der Waals surface area contributed by atoms with Gasteiger partial charge in [0, 0.05) is 28.1 Å². The number of amides is 1. The summed E-state index contributed by atoms with van der Waals surface area (Å²) >= 11 is 9.65. The minimum Gasteiger partial charge on any atom is -0.314 e. The van der Waals surface area contributed by atoms with Crippen molar-refractivity contribution in [2.45, 2.75) is 25.8 Å². The average molecular weight is 398 g/mol. The van der Waals surface area contributed by atoms with Crippen molar-refractivity contribution in [1.29, 1.82) is 0 Å². The molecule has 0 aliphatic carbocycles. The minimum absolute atomic E-state index is 0.0248. The molecule has 7 heteroatoms. The predicted octanol–water partition coefficient (Wildman–Crippen LogP) is 3.82. The SMILES string of the molecule is C[C@H]1C[C@@H](C(=O)Nc2cc(-c3cc(Br)ccc3Cl)[nH]n2)CCN1. The van der Waals surface area contributed by atoms with Crippen LogP contribution in [0, 0.1) is 5.92 Å². The zero-order chi connectivity index (χ0) is 16.4. The summed E-state index contributed by atoms with van der Waals surface area (Å²) in [5.74, 6) is 0.574. The first kappa shape index (κ1) is 16.5. The number of benzene rings is 1. The number of nitrogens with one attached hydrogen (secondary N) is 3. The summed E-state index contributed by atoms with van der Waals surface area (Å²) in [6.07, 6.45) is 1.70. The van der Waals surface area contributed by atoms with Gasteiger partial charge >= 0.3 is 0 Å². The largest absolute Gasteiger partial charge is 0.314 e. The fourth-order valence-corrected chi connectivity index (χ4v) is 3.41.